The predicted molar refractivity (Wildman–Crippen MR) is 218 cm³/mol. The minimum absolute atomic E-state index is 0. The van der Waals surface area contributed by atoms with Crippen LogP contribution in [0.3, 0.4) is 0 Å². The van der Waals surface area contributed by atoms with Gasteiger partial charge in [-0.25, -0.2) is 9.59 Å². The number of carbonyl (C=O) groups excluding carboxylic acids is 1. The van der Waals surface area contributed by atoms with Crippen molar-refractivity contribution in [2.45, 2.75) is 68.9 Å². The van der Waals surface area contributed by atoms with Crippen molar-refractivity contribution in [2.75, 3.05) is 23.4 Å². The van der Waals surface area contributed by atoms with Crippen molar-refractivity contribution in [1.29, 1.82) is 0 Å². The zero-order valence-electron chi connectivity index (χ0n) is 25.0. The van der Waals surface area contributed by atoms with Gasteiger partial charge in [-0.2, -0.15) is 0 Å². The number of hydrogen-bond donors (Lipinski definition) is 4. The minimum atomic E-state index is -0.837. The van der Waals surface area contributed by atoms with Gasteiger partial charge in [-0.05, 0) is 95.0 Å². The van der Waals surface area contributed by atoms with E-state index in [-0.39, 0.29) is 14.9 Å². The summed E-state index contributed by atoms with van der Waals surface area (Å²) >= 11 is 6.18. The van der Waals surface area contributed by atoms with Gasteiger partial charge in [-0.3, -0.25) is 5.32 Å². The Hall–Kier alpha value is -1.14. The molecule has 4 unspecified atom stereocenters. The highest BCUT2D eigenvalue weighted by atomic mass is 32.1. The molecule has 0 spiro atoms. The molecule has 0 saturated heterocycles. The van der Waals surface area contributed by atoms with Gasteiger partial charge in [0.15, 0.2) is 0 Å². The molecule has 0 saturated carbocycles. The van der Waals surface area contributed by atoms with Crippen LogP contribution in [0.4, 0.5) is 19.8 Å². The maximum Gasteiger partial charge on any atom is 0.412 e. The molecule has 15 heteroatoms. The first-order valence-corrected chi connectivity index (χ1v) is 18.0. The number of thiophene rings is 4. The Morgan fingerprint density at radius 3 is 1.39 bits per heavy atom. The largest absolute Gasteiger partial charge is 0.477 e. The summed E-state index contributed by atoms with van der Waals surface area (Å²) in [7, 11) is 12.4. The maximum absolute atomic E-state index is 11.5. The van der Waals surface area contributed by atoms with E-state index in [9.17, 15) is 9.59 Å². The summed E-state index contributed by atoms with van der Waals surface area (Å²) < 4.78 is 9.72. The topological polar surface area (TPSA) is 114 Å². The fourth-order valence-electron chi connectivity index (χ4n) is 3.02. The first-order valence-electron chi connectivity index (χ1n) is 12.4. The number of nitrogens with one attached hydrogen (secondary N) is 2. The minimum Gasteiger partial charge on any atom is -0.477 e. The molecule has 5 N–H and O–H groups in total. The molecule has 0 bridgehead atoms. The monoisotopic (exact) mass is 755 g/mol. The quantitative estimate of drug-likeness (QED) is 0.157. The molecule has 4 heterocycles. The molecule has 44 heavy (non-hydrogen) atoms. The number of hydrogen-bond acceptors (Lipinski definition) is 9. The molecule has 0 aliphatic heterocycles. The third-order valence-electron chi connectivity index (χ3n) is 4.82. The summed E-state index contributed by atoms with van der Waals surface area (Å²) in [5.41, 5.74) is 9.48. The summed E-state index contributed by atoms with van der Waals surface area (Å²) in [5, 5.41) is 17.5. The van der Waals surface area contributed by atoms with Gasteiger partial charge in [0.2, 0.25) is 0 Å². The summed E-state index contributed by atoms with van der Waals surface area (Å²) in [4.78, 5) is 22.3. The molecule has 7 nitrogen and oxygen atoms in total. The van der Waals surface area contributed by atoms with Gasteiger partial charge in [-0.15, -0.1) is 45.3 Å². The van der Waals surface area contributed by atoms with Crippen LogP contribution in [0, 0.1) is 27.7 Å². The van der Waals surface area contributed by atoms with Crippen molar-refractivity contribution in [3.05, 3.63) is 51.4 Å². The zero-order chi connectivity index (χ0) is 32.4. The summed E-state index contributed by atoms with van der Waals surface area (Å²) in [6.07, 6.45) is -0.405. The van der Waals surface area contributed by atoms with Crippen LogP contribution in [0.25, 0.3) is 0 Å². The van der Waals surface area contributed by atoms with Crippen LogP contribution in [0.1, 0.15) is 67.6 Å². The van der Waals surface area contributed by atoms with Gasteiger partial charge in [-0.1, -0.05) is 51.8 Å². The van der Waals surface area contributed by atoms with E-state index in [1.165, 1.54) is 48.0 Å². The Morgan fingerprint density at radius 1 is 0.750 bits per heavy atom. The Labute approximate surface area is 289 Å². The van der Waals surface area contributed by atoms with Crippen molar-refractivity contribution in [3.63, 3.8) is 0 Å². The van der Waals surface area contributed by atoms with Gasteiger partial charge in [0.1, 0.15) is 15.5 Å². The Balaban J connectivity index is 0. The van der Waals surface area contributed by atoms with E-state index < -0.39 is 17.7 Å². The smallest absolute Gasteiger partial charge is 0.412 e. The van der Waals surface area contributed by atoms with E-state index in [0.717, 1.165) is 30.4 Å². The van der Waals surface area contributed by atoms with E-state index in [1.807, 2.05) is 53.8 Å². The third-order valence-corrected chi connectivity index (χ3v) is 10.9. The van der Waals surface area contributed by atoms with Gasteiger partial charge in [0, 0.05) is 25.5 Å². The van der Waals surface area contributed by atoms with Crippen LogP contribution in [0.15, 0.2) is 24.3 Å². The van der Waals surface area contributed by atoms with E-state index >= 15 is 0 Å². The second-order valence-electron chi connectivity index (χ2n) is 9.86. The Bertz CT molecular complexity index is 1450. The molecule has 4 aromatic heterocycles. The number of ether oxygens (including phenoxy) is 1. The SMILES string of the molecule is C.C.CNc1sc(P)cc1C.Cc1cc(P)sc1C(=O)O.Cc1cc(P)sc1N.Cc1cc(P)sc1NC(=O)OC(C)(C)C. The lowest BCUT2D eigenvalue weighted by Crippen LogP contribution is -2.27. The molecule has 0 aliphatic rings. The van der Waals surface area contributed by atoms with Crippen molar-refractivity contribution in [1.82, 2.24) is 0 Å². The average molecular weight is 756 g/mol. The van der Waals surface area contributed by atoms with Crippen LogP contribution >= 0.6 is 82.3 Å². The molecule has 248 valence electrons. The fourth-order valence-corrected chi connectivity index (χ4v) is 8.57. The first kappa shape index (κ1) is 45.0. The van der Waals surface area contributed by atoms with Crippen molar-refractivity contribution in [3.8, 4) is 0 Å². The molecule has 4 aromatic rings. The molecular weight excluding hydrogens is 706 g/mol. The number of carbonyl (C=O) groups is 2. The predicted octanol–water partition coefficient (Wildman–Crippen LogP) is 8.17. The lowest BCUT2D eigenvalue weighted by atomic mass is 10.2. The highest BCUT2D eigenvalue weighted by molar-refractivity contribution is 7.45. The normalized spacial score (nSPS) is 9.82. The summed E-state index contributed by atoms with van der Waals surface area (Å²) in [5.74, 6) is -0.837. The lowest BCUT2D eigenvalue weighted by molar-refractivity contribution is 0.0634. The van der Waals surface area contributed by atoms with Crippen molar-refractivity contribution >= 4 is 128 Å². The molecule has 0 aliphatic carbocycles. The fraction of sp³-hybridized carbons (Fsp3) is 0.379. The zero-order valence-corrected chi connectivity index (χ0v) is 32.9. The number of nitrogen functional groups attached to an aromatic ring is 1. The highest BCUT2D eigenvalue weighted by Crippen LogP contribution is 2.23. The number of amides is 1. The van der Waals surface area contributed by atoms with Crippen molar-refractivity contribution < 1.29 is 19.4 Å². The molecule has 0 aromatic carbocycles. The molecule has 0 fully saturated rings. The average Bonchev–Trinajstić information content (AvgIpc) is 3.54. The maximum atomic E-state index is 11.5. The van der Waals surface area contributed by atoms with Gasteiger partial charge in [0.05, 0.1) is 10.0 Å². The number of aryl methyl sites for hydroxylation is 4. The van der Waals surface area contributed by atoms with Crippen LogP contribution in [-0.4, -0.2) is 29.8 Å². The van der Waals surface area contributed by atoms with E-state index in [0.29, 0.717) is 4.88 Å². The number of anilines is 3. The van der Waals surface area contributed by atoms with Gasteiger partial charge >= 0.3 is 12.1 Å². The lowest BCUT2D eigenvalue weighted by Gasteiger charge is -2.19. The number of carboxylic acids is 1. The standard InChI is InChI=1S/C10H16NO2PS.C6H10NPS.C6H7O2PS.C5H8NPS.2CH4/c1-6-5-7(14)15-8(6)11-9(12)13-10(2,3)4;1-4-3-5(8)9-6(4)7-2;1-3-2-4(9)10-5(3)6(7)8;1-3-2-4(7)8-5(3)6;;/h5H,14H2,1-4H3,(H,11,12);3,7H,8H2,1-2H3;2H,9H2,1H3,(H,7,8);2H,6-7H2,1H3;2*1H4. The second kappa shape index (κ2) is 20.9. The van der Waals surface area contributed by atoms with Crippen molar-refractivity contribution in [2.24, 2.45) is 0 Å². The Kier molecular flexibility index (Phi) is 21.3. The number of aromatic carboxylic acids is 1. The summed E-state index contributed by atoms with van der Waals surface area (Å²) in [6.45, 7) is 13.4. The number of rotatable bonds is 3. The summed E-state index contributed by atoms with van der Waals surface area (Å²) in [6, 6.07) is 8.06. The first-order chi connectivity index (χ1) is 19.3. The van der Waals surface area contributed by atoms with E-state index in [2.05, 4.69) is 66.6 Å². The molecule has 1 amide bonds. The van der Waals surface area contributed by atoms with Gasteiger partial charge in [0.25, 0.3) is 0 Å². The van der Waals surface area contributed by atoms with E-state index in [1.54, 1.807) is 29.6 Å². The third kappa shape index (κ3) is 17.0. The number of nitrogens with two attached hydrogens (primary N) is 1. The Morgan fingerprint density at radius 2 is 1.16 bits per heavy atom. The highest BCUT2D eigenvalue weighted by Gasteiger charge is 2.17. The molecular formula is C29H49N3O4P4S4. The molecule has 0 radical (unpaired) electrons. The van der Waals surface area contributed by atoms with Gasteiger partial charge < -0.3 is 20.9 Å². The van der Waals surface area contributed by atoms with Crippen LogP contribution in [-0.2, 0) is 4.74 Å². The van der Waals surface area contributed by atoms with Crippen LogP contribution < -0.4 is 34.8 Å². The molecule has 4 rings (SSSR count). The molecule has 4 atom stereocenters. The van der Waals surface area contributed by atoms with E-state index in [4.69, 9.17) is 15.6 Å². The second-order valence-corrected chi connectivity index (χ2v) is 18.4. The van der Waals surface area contributed by atoms with Crippen LogP contribution in [0.5, 0.6) is 0 Å². The van der Waals surface area contributed by atoms with Crippen LogP contribution in [0.2, 0.25) is 0 Å². The number of carboxylic acid groups (broad SMARTS) is 1.